The Kier molecular flexibility index (Phi) is 2.58. The summed E-state index contributed by atoms with van der Waals surface area (Å²) in [6, 6.07) is 3.39. The fraction of sp³-hybridized carbons (Fsp3) is 0.400. The van der Waals surface area contributed by atoms with Crippen LogP contribution in [-0.4, -0.2) is 5.54 Å². The molecule has 0 amide bonds. The van der Waals surface area contributed by atoms with Crippen LogP contribution in [0.15, 0.2) is 16.6 Å². The molecule has 0 unspecified atom stereocenters. The van der Waals surface area contributed by atoms with Gasteiger partial charge in [0.2, 0.25) is 0 Å². The summed E-state index contributed by atoms with van der Waals surface area (Å²) >= 11 is 8.83. The average Bonchev–Trinajstić information content (AvgIpc) is 2.86. The van der Waals surface area contributed by atoms with Gasteiger partial charge in [0.15, 0.2) is 5.82 Å². The van der Waals surface area contributed by atoms with Crippen molar-refractivity contribution in [1.29, 1.82) is 0 Å². The van der Waals surface area contributed by atoms with Gasteiger partial charge in [0.05, 0.1) is 9.50 Å². The molecule has 0 bridgehead atoms. The van der Waals surface area contributed by atoms with Crippen LogP contribution in [0.1, 0.15) is 18.4 Å². The molecule has 0 radical (unpaired) electrons. The zero-order chi connectivity index (χ0) is 10.3. The van der Waals surface area contributed by atoms with Crippen LogP contribution in [0.3, 0.4) is 0 Å². The van der Waals surface area contributed by atoms with Gasteiger partial charge in [-0.1, -0.05) is 17.7 Å². The molecule has 0 aromatic heterocycles. The Morgan fingerprint density at radius 2 is 2.14 bits per heavy atom. The highest BCUT2D eigenvalue weighted by atomic mass is 79.9. The van der Waals surface area contributed by atoms with Crippen molar-refractivity contribution in [2.45, 2.75) is 24.8 Å². The van der Waals surface area contributed by atoms with Gasteiger partial charge in [-0.2, -0.15) is 0 Å². The molecule has 2 rings (SSSR count). The van der Waals surface area contributed by atoms with Crippen molar-refractivity contribution in [1.82, 2.24) is 0 Å². The number of hydrogen-bond acceptors (Lipinski definition) is 1. The van der Waals surface area contributed by atoms with E-state index >= 15 is 0 Å². The van der Waals surface area contributed by atoms with Crippen molar-refractivity contribution < 1.29 is 4.39 Å². The molecule has 76 valence electrons. The van der Waals surface area contributed by atoms with Crippen LogP contribution in [0.5, 0.6) is 0 Å². The van der Waals surface area contributed by atoms with Crippen molar-refractivity contribution in [3.8, 4) is 0 Å². The molecular formula is C10H10BrClFN. The molecule has 4 heteroatoms. The van der Waals surface area contributed by atoms with Gasteiger partial charge in [-0.3, -0.25) is 0 Å². The fourth-order valence-electron chi connectivity index (χ4n) is 1.42. The van der Waals surface area contributed by atoms with Crippen LogP contribution in [0.4, 0.5) is 4.39 Å². The molecule has 1 aliphatic carbocycles. The largest absolute Gasteiger partial charge is 0.325 e. The summed E-state index contributed by atoms with van der Waals surface area (Å²) in [5, 5.41) is 0.141. The molecule has 0 aliphatic heterocycles. The predicted molar refractivity (Wildman–Crippen MR) is 59.0 cm³/mol. The lowest BCUT2D eigenvalue weighted by atomic mass is 10.1. The van der Waals surface area contributed by atoms with E-state index < -0.39 is 5.82 Å². The summed E-state index contributed by atoms with van der Waals surface area (Å²) in [6.45, 7) is 0. The highest BCUT2D eigenvalue weighted by molar-refractivity contribution is 9.10. The molecule has 1 fully saturated rings. The number of benzene rings is 1. The summed E-state index contributed by atoms with van der Waals surface area (Å²) in [6.07, 6.45) is 2.75. The molecule has 1 aromatic rings. The van der Waals surface area contributed by atoms with E-state index in [-0.39, 0.29) is 10.6 Å². The molecule has 1 saturated carbocycles. The van der Waals surface area contributed by atoms with Crippen molar-refractivity contribution in [3.63, 3.8) is 0 Å². The summed E-state index contributed by atoms with van der Waals surface area (Å²) in [4.78, 5) is 0. The second-order valence-corrected chi connectivity index (χ2v) is 5.07. The van der Waals surface area contributed by atoms with E-state index in [4.69, 9.17) is 17.3 Å². The van der Waals surface area contributed by atoms with Crippen molar-refractivity contribution in [2.75, 3.05) is 0 Å². The Bertz CT molecular complexity index is 377. The van der Waals surface area contributed by atoms with E-state index in [1.165, 1.54) is 0 Å². The first kappa shape index (κ1) is 10.4. The first-order valence-corrected chi connectivity index (χ1v) is 5.60. The maximum atomic E-state index is 13.4. The van der Waals surface area contributed by atoms with Gasteiger partial charge in [-0.25, -0.2) is 4.39 Å². The third-order valence-corrected chi connectivity index (χ3v) is 3.70. The summed E-state index contributed by atoms with van der Waals surface area (Å²) in [5.74, 6) is -0.395. The second-order valence-electron chi connectivity index (χ2n) is 3.87. The molecule has 1 aliphatic rings. The topological polar surface area (TPSA) is 26.0 Å². The zero-order valence-electron chi connectivity index (χ0n) is 7.49. The molecular weight excluding hydrogens is 268 g/mol. The molecule has 0 atom stereocenters. The van der Waals surface area contributed by atoms with E-state index in [1.54, 1.807) is 6.07 Å². The molecule has 2 N–H and O–H groups in total. The second kappa shape index (κ2) is 3.47. The van der Waals surface area contributed by atoms with Crippen LogP contribution in [0.25, 0.3) is 0 Å². The van der Waals surface area contributed by atoms with E-state index in [0.29, 0.717) is 10.9 Å². The Morgan fingerprint density at radius 1 is 1.50 bits per heavy atom. The molecule has 14 heavy (non-hydrogen) atoms. The highest BCUT2D eigenvalue weighted by Crippen LogP contribution is 2.38. The summed E-state index contributed by atoms with van der Waals surface area (Å²) in [7, 11) is 0. The third-order valence-electron chi connectivity index (χ3n) is 2.55. The van der Waals surface area contributed by atoms with Crippen LogP contribution < -0.4 is 5.73 Å². The van der Waals surface area contributed by atoms with Gasteiger partial charge in [0.25, 0.3) is 0 Å². The maximum absolute atomic E-state index is 13.4. The Labute approximate surface area is 95.6 Å². The Morgan fingerprint density at radius 3 is 2.71 bits per heavy atom. The van der Waals surface area contributed by atoms with Gasteiger partial charge in [0, 0.05) is 5.54 Å². The van der Waals surface area contributed by atoms with Crippen LogP contribution in [0.2, 0.25) is 5.02 Å². The zero-order valence-corrected chi connectivity index (χ0v) is 9.83. The van der Waals surface area contributed by atoms with Gasteiger partial charge in [-0.05, 0) is 46.8 Å². The minimum Gasteiger partial charge on any atom is -0.325 e. The van der Waals surface area contributed by atoms with E-state index in [1.807, 2.05) is 6.07 Å². The first-order chi connectivity index (χ1) is 6.52. The fourth-order valence-corrected chi connectivity index (χ4v) is 2.18. The third kappa shape index (κ3) is 1.95. The quantitative estimate of drug-likeness (QED) is 0.826. The first-order valence-electron chi connectivity index (χ1n) is 4.43. The van der Waals surface area contributed by atoms with Gasteiger partial charge in [0.1, 0.15) is 0 Å². The Balaban J connectivity index is 2.30. The van der Waals surface area contributed by atoms with Crippen molar-refractivity contribution in [3.05, 3.63) is 33.0 Å². The lowest BCUT2D eigenvalue weighted by Crippen LogP contribution is -2.24. The molecule has 1 nitrogen and oxygen atoms in total. The number of rotatable bonds is 2. The summed E-state index contributed by atoms with van der Waals surface area (Å²) in [5.41, 5.74) is 6.75. The molecule has 0 spiro atoms. The number of halogens is 3. The van der Waals surface area contributed by atoms with Crippen molar-refractivity contribution in [2.24, 2.45) is 5.73 Å². The minimum atomic E-state index is -0.395. The van der Waals surface area contributed by atoms with Crippen LogP contribution >= 0.6 is 27.5 Å². The SMILES string of the molecule is NC1(Cc2ccc(Cl)c(F)c2Br)CC1. The van der Waals surface area contributed by atoms with Gasteiger partial charge >= 0.3 is 0 Å². The summed E-state index contributed by atoms with van der Waals surface area (Å²) < 4.78 is 13.8. The van der Waals surface area contributed by atoms with Crippen LogP contribution in [0, 0.1) is 5.82 Å². The molecule has 0 heterocycles. The predicted octanol–water partition coefficient (Wildman–Crippen LogP) is 3.28. The monoisotopic (exact) mass is 277 g/mol. The Hall–Kier alpha value is -0.120. The standard InChI is InChI=1S/C10H10BrClFN/c11-8-6(5-10(14)3-4-10)1-2-7(12)9(8)13/h1-2H,3-5,14H2. The minimum absolute atomic E-state index is 0.108. The molecule has 0 saturated heterocycles. The number of nitrogens with two attached hydrogens (primary N) is 1. The van der Waals surface area contributed by atoms with Gasteiger partial charge < -0.3 is 5.73 Å². The highest BCUT2D eigenvalue weighted by Gasteiger charge is 2.38. The van der Waals surface area contributed by atoms with Crippen LogP contribution in [-0.2, 0) is 6.42 Å². The van der Waals surface area contributed by atoms with Crippen molar-refractivity contribution >= 4 is 27.5 Å². The maximum Gasteiger partial charge on any atom is 0.156 e. The van der Waals surface area contributed by atoms with E-state index in [9.17, 15) is 4.39 Å². The number of hydrogen-bond donors (Lipinski definition) is 1. The van der Waals surface area contributed by atoms with E-state index in [0.717, 1.165) is 18.4 Å². The normalized spacial score (nSPS) is 18.3. The lowest BCUT2D eigenvalue weighted by Gasteiger charge is -2.11. The average molecular weight is 279 g/mol. The smallest absolute Gasteiger partial charge is 0.156 e. The van der Waals surface area contributed by atoms with Gasteiger partial charge in [-0.15, -0.1) is 0 Å². The van der Waals surface area contributed by atoms with E-state index in [2.05, 4.69) is 15.9 Å². The molecule has 1 aromatic carbocycles. The lowest BCUT2D eigenvalue weighted by molar-refractivity contribution is 0.610.